The van der Waals surface area contributed by atoms with Crippen LogP contribution >= 0.6 is 11.3 Å². The van der Waals surface area contributed by atoms with Gasteiger partial charge >= 0.3 is 0 Å². The Kier molecular flexibility index (Phi) is 5.77. The monoisotopic (exact) mass is 516 g/mol. The smallest absolute Gasteiger partial charge is 0.230 e. The van der Waals surface area contributed by atoms with Crippen LogP contribution in [-0.2, 0) is 27.7 Å². The number of thiazole rings is 1. The molecule has 1 aliphatic carbocycles. The normalized spacial score (nSPS) is 14.7. The number of halogens is 1. The molecule has 1 amide bonds. The largest absolute Gasteiger partial charge is 0.424 e. The number of carbonyl (C=O) groups is 1. The number of hydrogen-bond donors (Lipinski definition) is 3. The van der Waals surface area contributed by atoms with Crippen molar-refractivity contribution >= 4 is 43.2 Å². The molecule has 0 aliphatic heterocycles. The van der Waals surface area contributed by atoms with Crippen molar-refractivity contribution in [3.05, 3.63) is 59.0 Å². The molecule has 1 saturated carbocycles. The highest BCUT2D eigenvalue weighted by molar-refractivity contribution is 7.92. The molecule has 0 radical (unpaired) electrons. The molecule has 4 N–H and O–H groups in total. The van der Waals surface area contributed by atoms with Crippen molar-refractivity contribution in [3.8, 4) is 11.1 Å². The zero-order valence-electron chi connectivity index (χ0n) is 18.5. The van der Waals surface area contributed by atoms with Gasteiger partial charge in [-0.2, -0.15) is 0 Å². The van der Waals surface area contributed by atoms with Gasteiger partial charge in [0.15, 0.2) is 0 Å². The number of nitrogens with two attached hydrogens (primary N) is 1. The van der Waals surface area contributed by atoms with Crippen molar-refractivity contribution in [1.29, 1.82) is 0 Å². The quantitative estimate of drug-likeness (QED) is 0.302. The number of hydrogen-bond acceptors (Lipinski definition) is 9. The average Bonchev–Trinajstić information content (AvgIpc) is 3.15. The van der Waals surface area contributed by atoms with Gasteiger partial charge in [0.05, 0.1) is 28.6 Å². The highest BCUT2D eigenvalue weighted by Crippen LogP contribution is 2.34. The lowest BCUT2D eigenvalue weighted by molar-refractivity contribution is -0.121. The minimum Gasteiger partial charge on any atom is -0.424 e. The molecular formula is C22H21FN6O4S2. The summed E-state index contributed by atoms with van der Waals surface area (Å²) in [5.74, 6) is -0.313. The number of nitrogens with one attached hydrogen (secondary N) is 2. The van der Waals surface area contributed by atoms with Gasteiger partial charge in [-0.3, -0.25) is 9.52 Å². The molecule has 2 aromatic heterocycles. The van der Waals surface area contributed by atoms with Crippen LogP contribution in [0, 0.1) is 5.82 Å². The highest BCUT2D eigenvalue weighted by atomic mass is 32.2. The maximum Gasteiger partial charge on any atom is 0.230 e. The van der Waals surface area contributed by atoms with Crippen LogP contribution in [0.2, 0.25) is 0 Å². The third-order valence-electron chi connectivity index (χ3n) is 5.32. The lowest BCUT2D eigenvalue weighted by Gasteiger charge is -2.09. The van der Waals surface area contributed by atoms with Crippen molar-refractivity contribution in [2.75, 3.05) is 11.0 Å². The maximum atomic E-state index is 15.4. The van der Waals surface area contributed by atoms with Gasteiger partial charge in [0.1, 0.15) is 17.2 Å². The standard InChI is InChI=1S/C22H21FN6O4S2/c1-35(31,32)29-13-4-2-3-12(9-13)14-5-6-15-21(20(14)23)34-19(25-15)11-18-28-27-17(33-18)10-16(30)26-22(24)7-8-22/h2-6,9,29H,7-8,10-11,24H2,1H3,(H,26,30). The third kappa shape index (κ3) is 5.47. The van der Waals surface area contributed by atoms with Crippen LogP contribution in [0.25, 0.3) is 21.3 Å². The van der Waals surface area contributed by atoms with E-state index in [1.807, 2.05) is 0 Å². The number of sulfonamides is 1. The first-order chi connectivity index (χ1) is 16.6. The summed E-state index contributed by atoms with van der Waals surface area (Å²) in [6.07, 6.45) is 2.66. The highest BCUT2D eigenvalue weighted by Gasteiger charge is 2.39. The third-order valence-corrected chi connectivity index (χ3v) is 6.99. The lowest BCUT2D eigenvalue weighted by Crippen LogP contribution is -2.44. The first kappa shape index (κ1) is 23.3. The molecule has 4 aromatic rings. The second-order valence-electron chi connectivity index (χ2n) is 8.49. The molecule has 182 valence electrons. The number of nitrogens with zero attached hydrogens (tertiary/aromatic N) is 3. The van der Waals surface area contributed by atoms with Crippen LogP contribution in [0.15, 0.2) is 40.8 Å². The second-order valence-corrected chi connectivity index (χ2v) is 11.3. The van der Waals surface area contributed by atoms with Crippen LogP contribution in [0.5, 0.6) is 0 Å². The Hall–Kier alpha value is -3.42. The first-order valence-corrected chi connectivity index (χ1v) is 13.3. The number of fused-ring (bicyclic) bond motifs is 1. The molecular weight excluding hydrogens is 495 g/mol. The van der Waals surface area contributed by atoms with E-state index in [2.05, 4.69) is 25.2 Å². The van der Waals surface area contributed by atoms with E-state index in [1.54, 1.807) is 36.4 Å². The first-order valence-electron chi connectivity index (χ1n) is 10.6. The summed E-state index contributed by atoms with van der Waals surface area (Å²) < 4.78 is 46.7. The molecule has 5 rings (SSSR count). The Labute approximate surface area is 203 Å². The van der Waals surface area contributed by atoms with E-state index in [0.717, 1.165) is 30.4 Å². The lowest BCUT2D eigenvalue weighted by atomic mass is 10.0. The van der Waals surface area contributed by atoms with Gasteiger partial charge in [0.2, 0.25) is 27.7 Å². The minimum absolute atomic E-state index is 0.0724. The summed E-state index contributed by atoms with van der Waals surface area (Å²) >= 11 is 1.16. The minimum atomic E-state index is -3.46. The number of anilines is 1. The summed E-state index contributed by atoms with van der Waals surface area (Å²) in [7, 11) is -3.46. The van der Waals surface area contributed by atoms with Crippen LogP contribution in [0.4, 0.5) is 10.1 Å². The average molecular weight is 517 g/mol. The molecule has 35 heavy (non-hydrogen) atoms. The SMILES string of the molecule is CS(=O)(=O)Nc1cccc(-c2ccc3nc(Cc4nnc(CC(=O)NC5(N)CC5)o4)sc3c2F)c1. The fourth-order valence-electron chi connectivity index (χ4n) is 3.55. The van der Waals surface area contributed by atoms with Gasteiger partial charge in [0, 0.05) is 11.3 Å². The topological polar surface area (TPSA) is 153 Å². The van der Waals surface area contributed by atoms with Gasteiger partial charge in [0.25, 0.3) is 0 Å². The zero-order valence-corrected chi connectivity index (χ0v) is 20.2. The van der Waals surface area contributed by atoms with Crippen LogP contribution in [0.1, 0.15) is 29.6 Å². The van der Waals surface area contributed by atoms with Gasteiger partial charge in [-0.1, -0.05) is 12.1 Å². The van der Waals surface area contributed by atoms with Gasteiger partial charge < -0.3 is 15.5 Å². The number of benzene rings is 2. The molecule has 10 nitrogen and oxygen atoms in total. The van der Waals surface area contributed by atoms with Crippen LogP contribution < -0.4 is 15.8 Å². The number of carbonyl (C=O) groups excluding carboxylic acids is 1. The summed E-state index contributed by atoms with van der Waals surface area (Å²) in [5, 5.41) is 11.2. The van der Waals surface area contributed by atoms with Crippen LogP contribution in [0.3, 0.4) is 0 Å². The van der Waals surface area contributed by atoms with Crippen molar-refractivity contribution in [2.45, 2.75) is 31.3 Å². The number of aromatic nitrogens is 3. The Morgan fingerprint density at radius 2 is 2.00 bits per heavy atom. The molecule has 1 aliphatic rings. The second kappa shape index (κ2) is 8.66. The zero-order chi connectivity index (χ0) is 24.8. The van der Waals surface area contributed by atoms with E-state index in [-0.39, 0.29) is 30.5 Å². The Bertz CT molecular complexity index is 1540. The predicted molar refractivity (Wildman–Crippen MR) is 129 cm³/mol. The molecule has 2 aromatic carbocycles. The van der Waals surface area contributed by atoms with Crippen molar-refractivity contribution in [2.24, 2.45) is 5.73 Å². The summed E-state index contributed by atoms with van der Waals surface area (Å²) in [4.78, 5) is 16.5. The van der Waals surface area contributed by atoms with Gasteiger partial charge in [-0.05, 0) is 42.7 Å². The predicted octanol–water partition coefficient (Wildman–Crippen LogP) is 2.56. The molecule has 2 heterocycles. The van der Waals surface area contributed by atoms with E-state index in [9.17, 15) is 13.2 Å². The Morgan fingerprint density at radius 1 is 1.23 bits per heavy atom. The maximum absolute atomic E-state index is 15.4. The molecule has 1 fully saturated rings. The van der Waals surface area contributed by atoms with Crippen molar-refractivity contribution < 1.29 is 22.0 Å². The number of amides is 1. The Morgan fingerprint density at radius 3 is 2.74 bits per heavy atom. The fraction of sp³-hybridized carbons (Fsp3) is 0.273. The molecule has 13 heteroatoms. The van der Waals surface area contributed by atoms with E-state index < -0.39 is 21.5 Å². The summed E-state index contributed by atoms with van der Waals surface area (Å²) in [5.41, 5.74) is 6.93. The summed E-state index contributed by atoms with van der Waals surface area (Å²) in [6, 6.07) is 9.82. The molecule has 0 bridgehead atoms. The van der Waals surface area contributed by atoms with Crippen LogP contribution in [-0.4, -0.2) is 41.4 Å². The number of rotatable bonds is 8. The molecule has 0 unspecified atom stereocenters. The van der Waals surface area contributed by atoms with Crippen molar-refractivity contribution in [1.82, 2.24) is 20.5 Å². The molecule has 0 saturated heterocycles. The van der Waals surface area contributed by atoms with E-state index in [4.69, 9.17) is 10.2 Å². The van der Waals surface area contributed by atoms with Crippen molar-refractivity contribution in [3.63, 3.8) is 0 Å². The van der Waals surface area contributed by atoms with E-state index >= 15 is 4.39 Å². The fourth-order valence-corrected chi connectivity index (χ4v) is 5.10. The molecule has 0 spiro atoms. The molecule has 0 atom stereocenters. The summed E-state index contributed by atoms with van der Waals surface area (Å²) in [6.45, 7) is 0. The van der Waals surface area contributed by atoms with Gasteiger partial charge in [-0.25, -0.2) is 17.8 Å². The Balaban J connectivity index is 1.34. The van der Waals surface area contributed by atoms with E-state index in [1.165, 1.54) is 0 Å². The van der Waals surface area contributed by atoms with Gasteiger partial charge in [-0.15, -0.1) is 21.5 Å². The van der Waals surface area contributed by atoms with E-state index in [0.29, 0.717) is 32.0 Å².